The predicted molar refractivity (Wildman–Crippen MR) is 78.7 cm³/mol. The third-order valence-corrected chi connectivity index (χ3v) is 3.94. The summed E-state index contributed by atoms with van der Waals surface area (Å²) in [5.74, 6) is -1.52. The van der Waals surface area contributed by atoms with E-state index in [1.165, 1.54) is 18.2 Å². The first-order valence-electron chi connectivity index (χ1n) is 6.69. The molecule has 20 heavy (non-hydrogen) atoms. The lowest BCUT2D eigenvalue weighted by Crippen LogP contribution is -2.38. The van der Waals surface area contributed by atoms with Crippen molar-refractivity contribution in [1.29, 1.82) is 0 Å². The van der Waals surface area contributed by atoms with Crippen LogP contribution in [-0.2, 0) is 15.1 Å². The normalized spacial score (nSPS) is 15.5. The Labute approximate surface area is 127 Å². The minimum absolute atomic E-state index is 0.259. The summed E-state index contributed by atoms with van der Waals surface area (Å²) in [6, 6.07) is 4.25. The van der Waals surface area contributed by atoms with Crippen LogP contribution in [0.15, 0.2) is 22.7 Å². The molecular weight excluding hydrogens is 327 g/mol. The van der Waals surface area contributed by atoms with Gasteiger partial charge >= 0.3 is 5.97 Å². The van der Waals surface area contributed by atoms with E-state index in [0.717, 1.165) is 6.42 Å². The van der Waals surface area contributed by atoms with Crippen molar-refractivity contribution in [3.63, 3.8) is 0 Å². The van der Waals surface area contributed by atoms with E-state index in [9.17, 15) is 14.3 Å². The maximum absolute atomic E-state index is 13.3. The summed E-state index contributed by atoms with van der Waals surface area (Å²) in [5.41, 5.74) is -0.921. The zero-order valence-electron chi connectivity index (χ0n) is 12.0. The molecule has 5 heteroatoms. The summed E-state index contributed by atoms with van der Waals surface area (Å²) in [6.07, 6.45) is 1.24. The smallest absolute Gasteiger partial charge is 0.312 e. The Kier molecular flexibility index (Phi) is 6.14. The molecule has 0 spiro atoms. The first kappa shape index (κ1) is 17.1. The quantitative estimate of drug-likeness (QED) is 0.797. The van der Waals surface area contributed by atoms with E-state index in [-0.39, 0.29) is 11.1 Å². The minimum Gasteiger partial charge on any atom is -0.466 e. The molecule has 0 aromatic heterocycles. The Balaban J connectivity index is 3.13. The SMILES string of the molecule is CCCC(C(=O)OCC)C(C)(O)c1ccc(F)c(Br)c1. The van der Waals surface area contributed by atoms with Gasteiger partial charge in [-0.1, -0.05) is 19.4 Å². The van der Waals surface area contributed by atoms with Crippen LogP contribution in [0.1, 0.15) is 39.2 Å². The summed E-state index contributed by atoms with van der Waals surface area (Å²) in [6.45, 7) is 5.49. The van der Waals surface area contributed by atoms with Crippen LogP contribution in [0.4, 0.5) is 4.39 Å². The average Bonchev–Trinajstić information content (AvgIpc) is 2.39. The molecule has 0 saturated carbocycles. The topological polar surface area (TPSA) is 46.5 Å². The van der Waals surface area contributed by atoms with Crippen LogP contribution in [0.25, 0.3) is 0 Å². The van der Waals surface area contributed by atoms with Gasteiger partial charge in [-0.05, 0) is 53.9 Å². The summed E-state index contributed by atoms with van der Waals surface area (Å²) in [5, 5.41) is 10.7. The van der Waals surface area contributed by atoms with Gasteiger partial charge in [-0.2, -0.15) is 0 Å². The Bertz CT molecular complexity index is 474. The Hall–Kier alpha value is -0.940. The third kappa shape index (κ3) is 3.79. The number of aliphatic hydroxyl groups is 1. The standard InChI is InChI=1S/C15H20BrFO3/c1-4-6-11(14(18)20-5-2)15(3,19)10-7-8-13(17)12(16)9-10/h7-9,11,19H,4-6H2,1-3H3. The molecule has 0 aliphatic carbocycles. The van der Waals surface area contributed by atoms with Crippen molar-refractivity contribution < 1.29 is 19.0 Å². The molecule has 1 aromatic carbocycles. The summed E-state index contributed by atoms with van der Waals surface area (Å²) in [4.78, 5) is 12.0. The van der Waals surface area contributed by atoms with Gasteiger partial charge in [0.2, 0.25) is 0 Å². The number of carbonyl (C=O) groups excluding carboxylic acids is 1. The zero-order valence-corrected chi connectivity index (χ0v) is 13.5. The van der Waals surface area contributed by atoms with Gasteiger partial charge in [-0.15, -0.1) is 0 Å². The fraction of sp³-hybridized carbons (Fsp3) is 0.533. The molecule has 2 unspecified atom stereocenters. The molecule has 1 rings (SSSR count). The highest BCUT2D eigenvalue weighted by molar-refractivity contribution is 9.10. The first-order valence-corrected chi connectivity index (χ1v) is 7.48. The number of carbonyl (C=O) groups is 1. The van der Waals surface area contributed by atoms with Crippen molar-refractivity contribution in [2.24, 2.45) is 5.92 Å². The summed E-state index contributed by atoms with van der Waals surface area (Å²) < 4.78 is 18.6. The Morgan fingerprint density at radius 1 is 1.50 bits per heavy atom. The van der Waals surface area contributed by atoms with Crippen LogP contribution in [0, 0.1) is 11.7 Å². The Morgan fingerprint density at radius 3 is 2.65 bits per heavy atom. The van der Waals surface area contributed by atoms with Gasteiger partial charge in [0.15, 0.2) is 0 Å². The minimum atomic E-state index is -1.40. The van der Waals surface area contributed by atoms with E-state index >= 15 is 0 Å². The van der Waals surface area contributed by atoms with E-state index in [1.54, 1.807) is 13.8 Å². The van der Waals surface area contributed by atoms with Crippen LogP contribution < -0.4 is 0 Å². The highest BCUT2D eigenvalue weighted by Gasteiger charge is 2.39. The van der Waals surface area contributed by atoms with Gasteiger partial charge in [0.05, 0.1) is 17.0 Å². The molecular formula is C15H20BrFO3. The molecule has 0 aliphatic rings. The van der Waals surface area contributed by atoms with Crippen molar-refractivity contribution in [1.82, 2.24) is 0 Å². The molecule has 1 N–H and O–H groups in total. The monoisotopic (exact) mass is 346 g/mol. The van der Waals surface area contributed by atoms with Gasteiger partial charge in [-0.3, -0.25) is 4.79 Å². The van der Waals surface area contributed by atoms with E-state index in [2.05, 4.69) is 15.9 Å². The van der Waals surface area contributed by atoms with E-state index in [4.69, 9.17) is 4.74 Å². The molecule has 2 atom stereocenters. The van der Waals surface area contributed by atoms with Gasteiger partial charge in [0, 0.05) is 0 Å². The summed E-state index contributed by atoms with van der Waals surface area (Å²) in [7, 11) is 0. The molecule has 112 valence electrons. The number of hydrogen-bond acceptors (Lipinski definition) is 3. The molecule has 0 bridgehead atoms. The number of halogens is 2. The molecule has 0 fully saturated rings. The fourth-order valence-electron chi connectivity index (χ4n) is 2.17. The number of hydrogen-bond donors (Lipinski definition) is 1. The molecule has 0 radical (unpaired) electrons. The number of esters is 1. The molecule has 0 amide bonds. The molecule has 0 saturated heterocycles. The highest BCUT2D eigenvalue weighted by Crippen LogP contribution is 2.35. The molecule has 0 heterocycles. The van der Waals surface area contributed by atoms with Crippen molar-refractivity contribution in [3.05, 3.63) is 34.1 Å². The van der Waals surface area contributed by atoms with Gasteiger partial charge in [-0.25, -0.2) is 4.39 Å². The lowest BCUT2D eigenvalue weighted by Gasteiger charge is -2.31. The molecule has 3 nitrogen and oxygen atoms in total. The maximum Gasteiger partial charge on any atom is 0.312 e. The van der Waals surface area contributed by atoms with E-state index in [0.29, 0.717) is 12.0 Å². The van der Waals surface area contributed by atoms with Crippen LogP contribution in [0.5, 0.6) is 0 Å². The largest absolute Gasteiger partial charge is 0.466 e. The van der Waals surface area contributed by atoms with Crippen molar-refractivity contribution in [3.8, 4) is 0 Å². The van der Waals surface area contributed by atoms with Gasteiger partial charge in [0.1, 0.15) is 11.4 Å². The lowest BCUT2D eigenvalue weighted by atomic mass is 9.80. The molecule has 1 aromatic rings. The van der Waals surface area contributed by atoms with Crippen molar-refractivity contribution in [2.75, 3.05) is 6.61 Å². The Morgan fingerprint density at radius 2 is 2.15 bits per heavy atom. The van der Waals surface area contributed by atoms with Crippen LogP contribution >= 0.6 is 15.9 Å². The summed E-state index contributed by atoms with van der Waals surface area (Å²) >= 11 is 3.09. The van der Waals surface area contributed by atoms with E-state index in [1.807, 2.05) is 6.92 Å². The van der Waals surface area contributed by atoms with Crippen LogP contribution in [0.2, 0.25) is 0 Å². The van der Waals surface area contributed by atoms with Gasteiger partial charge in [0.25, 0.3) is 0 Å². The number of ether oxygens (including phenoxy) is 1. The van der Waals surface area contributed by atoms with E-state index < -0.39 is 23.3 Å². The fourth-order valence-corrected chi connectivity index (χ4v) is 2.55. The van der Waals surface area contributed by atoms with Gasteiger partial charge < -0.3 is 9.84 Å². The maximum atomic E-state index is 13.3. The van der Waals surface area contributed by atoms with Crippen LogP contribution in [-0.4, -0.2) is 17.7 Å². The number of rotatable bonds is 6. The van der Waals surface area contributed by atoms with Crippen LogP contribution in [0.3, 0.4) is 0 Å². The second-order valence-corrected chi connectivity index (χ2v) is 5.72. The molecule has 0 aliphatic heterocycles. The third-order valence-electron chi connectivity index (χ3n) is 3.33. The predicted octanol–water partition coefficient (Wildman–Crippen LogP) is 3.78. The lowest BCUT2D eigenvalue weighted by molar-refractivity contribution is -0.158. The zero-order chi connectivity index (χ0) is 15.3. The second-order valence-electron chi connectivity index (χ2n) is 4.87. The second kappa shape index (κ2) is 7.18. The van der Waals surface area contributed by atoms with Crippen molar-refractivity contribution >= 4 is 21.9 Å². The number of benzene rings is 1. The average molecular weight is 347 g/mol. The van der Waals surface area contributed by atoms with Crippen molar-refractivity contribution in [2.45, 2.75) is 39.2 Å². The highest BCUT2D eigenvalue weighted by atomic mass is 79.9. The first-order chi connectivity index (χ1) is 9.34.